The summed E-state index contributed by atoms with van der Waals surface area (Å²) < 4.78 is 0. The SMILES string of the molecule is CC1=C(Nc2ccc(NC(=O)c3cccc4ccccc34)cc2Cl)CCCC1=O. The van der Waals surface area contributed by atoms with Gasteiger partial charge in [0.2, 0.25) is 0 Å². The van der Waals surface area contributed by atoms with Gasteiger partial charge in [-0.1, -0.05) is 48.0 Å². The van der Waals surface area contributed by atoms with E-state index < -0.39 is 0 Å². The molecule has 0 spiro atoms. The molecule has 1 aliphatic carbocycles. The van der Waals surface area contributed by atoms with Gasteiger partial charge in [-0.25, -0.2) is 0 Å². The van der Waals surface area contributed by atoms with E-state index in [0.29, 0.717) is 22.7 Å². The molecule has 0 aliphatic heterocycles. The van der Waals surface area contributed by atoms with E-state index in [1.807, 2.05) is 55.5 Å². The van der Waals surface area contributed by atoms with Crippen LogP contribution in [0.25, 0.3) is 10.8 Å². The van der Waals surface area contributed by atoms with Gasteiger partial charge < -0.3 is 10.6 Å². The number of ketones is 1. The molecule has 0 heterocycles. The molecular formula is C24H21ClN2O2. The first-order chi connectivity index (χ1) is 14.0. The van der Waals surface area contributed by atoms with Crippen molar-refractivity contribution < 1.29 is 9.59 Å². The van der Waals surface area contributed by atoms with Gasteiger partial charge in [-0.15, -0.1) is 0 Å². The minimum absolute atomic E-state index is 0.175. The second-order valence-electron chi connectivity index (χ2n) is 7.18. The molecule has 2 N–H and O–H groups in total. The number of hydrogen-bond donors (Lipinski definition) is 2. The molecular weight excluding hydrogens is 384 g/mol. The van der Waals surface area contributed by atoms with Crippen molar-refractivity contribution in [2.24, 2.45) is 0 Å². The number of anilines is 2. The summed E-state index contributed by atoms with van der Waals surface area (Å²) in [5.41, 5.74) is 3.63. The molecule has 0 aromatic heterocycles. The highest BCUT2D eigenvalue weighted by molar-refractivity contribution is 6.33. The normalized spacial score (nSPS) is 14.2. The Kier molecular flexibility index (Phi) is 5.36. The number of allylic oxidation sites excluding steroid dienone is 2. The molecule has 1 amide bonds. The van der Waals surface area contributed by atoms with Crippen molar-refractivity contribution >= 4 is 45.4 Å². The van der Waals surface area contributed by atoms with Crippen molar-refractivity contribution in [2.45, 2.75) is 26.2 Å². The van der Waals surface area contributed by atoms with Crippen molar-refractivity contribution in [3.8, 4) is 0 Å². The Balaban J connectivity index is 1.54. The maximum atomic E-state index is 12.8. The molecule has 0 saturated carbocycles. The fourth-order valence-electron chi connectivity index (χ4n) is 3.60. The summed E-state index contributed by atoms with van der Waals surface area (Å²) in [7, 11) is 0. The number of Topliss-reactive ketones (excluding diaryl/α,β-unsaturated/α-hetero) is 1. The zero-order chi connectivity index (χ0) is 20.4. The van der Waals surface area contributed by atoms with Crippen LogP contribution in [0, 0.1) is 0 Å². The van der Waals surface area contributed by atoms with E-state index >= 15 is 0 Å². The van der Waals surface area contributed by atoms with Crippen LogP contribution in [0.5, 0.6) is 0 Å². The maximum Gasteiger partial charge on any atom is 0.256 e. The van der Waals surface area contributed by atoms with Crippen LogP contribution in [-0.2, 0) is 4.79 Å². The van der Waals surface area contributed by atoms with Gasteiger partial charge in [0.1, 0.15) is 0 Å². The highest BCUT2D eigenvalue weighted by Crippen LogP contribution is 2.30. The van der Waals surface area contributed by atoms with Crippen LogP contribution in [0.1, 0.15) is 36.5 Å². The summed E-state index contributed by atoms with van der Waals surface area (Å²) in [6.07, 6.45) is 2.27. The molecule has 0 unspecified atom stereocenters. The quantitative estimate of drug-likeness (QED) is 0.545. The Hall–Kier alpha value is -3.11. The number of hydrogen-bond acceptors (Lipinski definition) is 3. The lowest BCUT2D eigenvalue weighted by atomic mass is 9.96. The van der Waals surface area contributed by atoms with Crippen LogP contribution < -0.4 is 10.6 Å². The molecule has 1 aliphatic rings. The fraction of sp³-hybridized carbons (Fsp3) is 0.167. The fourth-order valence-corrected chi connectivity index (χ4v) is 3.83. The number of rotatable bonds is 4. The van der Waals surface area contributed by atoms with Crippen LogP contribution in [0.3, 0.4) is 0 Å². The lowest BCUT2D eigenvalue weighted by molar-refractivity contribution is -0.116. The second-order valence-corrected chi connectivity index (χ2v) is 7.59. The highest BCUT2D eigenvalue weighted by atomic mass is 35.5. The first-order valence-electron chi connectivity index (χ1n) is 9.61. The first-order valence-corrected chi connectivity index (χ1v) is 9.99. The molecule has 5 heteroatoms. The van der Waals surface area contributed by atoms with Crippen molar-refractivity contribution in [3.63, 3.8) is 0 Å². The third-order valence-electron chi connectivity index (χ3n) is 5.25. The van der Waals surface area contributed by atoms with Gasteiger partial charge in [0.05, 0.1) is 10.7 Å². The molecule has 0 bridgehead atoms. The number of fused-ring (bicyclic) bond motifs is 1. The molecule has 0 radical (unpaired) electrons. The molecule has 0 fully saturated rings. The Morgan fingerprint density at radius 3 is 2.62 bits per heavy atom. The lowest BCUT2D eigenvalue weighted by Crippen LogP contribution is -2.15. The van der Waals surface area contributed by atoms with Gasteiger partial charge >= 0.3 is 0 Å². The average Bonchev–Trinajstić information content (AvgIpc) is 2.72. The lowest BCUT2D eigenvalue weighted by Gasteiger charge is -2.19. The summed E-state index contributed by atoms with van der Waals surface area (Å²) in [4.78, 5) is 24.7. The number of nitrogens with one attached hydrogen (secondary N) is 2. The number of benzene rings is 3. The standard InChI is InChI=1S/C24H21ClN2O2/c1-15-21(10-5-11-23(15)28)27-22-13-12-17(14-20(22)25)26-24(29)19-9-4-7-16-6-2-3-8-18(16)19/h2-4,6-9,12-14,27H,5,10-11H2,1H3,(H,26,29). The average molecular weight is 405 g/mol. The van der Waals surface area contributed by atoms with E-state index in [2.05, 4.69) is 10.6 Å². The van der Waals surface area contributed by atoms with Crippen molar-refractivity contribution in [1.29, 1.82) is 0 Å². The van der Waals surface area contributed by atoms with Crippen LogP contribution in [0.15, 0.2) is 71.9 Å². The summed E-state index contributed by atoms with van der Waals surface area (Å²) in [6, 6.07) is 18.8. The smallest absolute Gasteiger partial charge is 0.256 e. The monoisotopic (exact) mass is 404 g/mol. The van der Waals surface area contributed by atoms with E-state index in [9.17, 15) is 9.59 Å². The second kappa shape index (κ2) is 8.10. The molecule has 29 heavy (non-hydrogen) atoms. The Morgan fingerprint density at radius 2 is 1.79 bits per heavy atom. The van der Waals surface area contributed by atoms with Gasteiger partial charge in [-0.2, -0.15) is 0 Å². The molecule has 4 rings (SSSR count). The zero-order valence-electron chi connectivity index (χ0n) is 16.1. The number of carbonyl (C=O) groups is 2. The van der Waals surface area contributed by atoms with E-state index in [1.165, 1.54) is 0 Å². The van der Waals surface area contributed by atoms with Crippen LogP contribution in [-0.4, -0.2) is 11.7 Å². The van der Waals surface area contributed by atoms with Gasteiger partial charge in [0, 0.05) is 28.9 Å². The maximum absolute atomic E-state index is 12.8. The molecule has 3 aromatic rings. The summed E-state index contributed by atoms with van der Waals surface area (Å²) in [5.74, 6) is -0.0103. The highest BCUT2D eigenvalue weighted by Gasteiger charge is 2.18. The van der Waals surface area contributed by atoms with Gasteiger partial charge in [0.25, 0.3) is 5.91 Å². The largest absolute Gasteiger partial charge is 0.357 e. The van der Waals surface area contributed by atoms with Crippen LogP contribution in [0.2, 0.25) is 5.02 Å². The van der Waals surface area contributed by atoms with E-state index in [0.717, 1.165) is 40.6 Å². The van der Waals surface area contributed by atoms with Gasteiger partial charge in [-0.05, 0) is 54.8 Å². The first kappa shape index (κ1) is 19.2. The molecule has 146 valence electrons. The Bertz CT molecular complexity index is 1150. The van der Waals surface area contributed by atoms with Crippen molar-refractivity contribution in [1.82, 2.24) is 0 Å². The predicted octanol–water partition coefficient (Wildman–Crippen LogP) is 6.18. The Morgan fingerprint density at radius 1 is 1.00 bits per heavy atom. The summed E-state index contributed by atoms with van der Waals surface area (Å²) in [5, 5.41) is 8.61. The number of carbonyl (C=O) groups excluding carboxylic acids is 2. The summed E-state index contributed by atoms with van der Waals surface area (Å²) in [6.45, 7) is 1.84. The third kappa shape index (κ3) is 4.03. The van der Waals surface area contributed by atoms with Gasteiger partial charge in [0.15, 0.2) is 5.78 Å². The summed E-state index contributed by atoms with van der Waals surface area (Å²) >= 11 is 6.44. The minimum atomic E-state index is -0.185. The minimum Gasteiger partial charge on any atom is -0.357 e. The molecule has 4 nitrogen and oxygen atoms in total. The Labute approximate surface area is 174 Å². The van der Waals surface area contributed by atoms with Crippen LogP contribution in [0.4, 0.5) is 11.4 Å². The number of halogens is 1. The zero-order valence-corrected chi connectivity index (χ0v) is 16.8. The molecule has 0 atom stereocenters. The topological polar surface area (TPSA) is 58.2 Å². The van der Waals surface area contributed by atoms with E-state index in [1.54, 1.807) is 12.1 Å². The number of amides is 1. The molecule has 0 saturated heterocycles. The predicted molar refractivity (Wildman–Crippen MR) is 119 cm³/mol. The third-order valence-corrected chi connectivity index (χ3v) is 5.56. The van der Waals surface area contributed by atoms with Crippen LogP contribution >= 0.6 is 11.6 Å². The van der Waals surface area contributed by atoms with Crippen molar-refractivity contribution in [3.05, 3.63) is 82.5 Å². The molecule has 3 aromatic carbocycles. The van der Waals surface area contributed by atoms with E-state index in [-0.39, 0.29) is 11.7 Å². The van der Waals surface area contributed by atoms with Crippen molar-refractivity contribution in [2.75, 3.05) is 10.6 Å². The van der Waals surface area contributed by atoms with Gasteiger partial charge in [-0.3, -0.25) is 9.59 Å². The van der Waals surface area contributed by atoms with E-state index in [4.69, 9.17) is 11.6 Å².